The maximum absolute atomic E-state index is 10.4. The largest absolute Gasteiger partial charge is 0.396 e. The van der Waals surface area contributed by atoms with Crippen LogP contribution in [-0.4, -0.2) is 45.4 Å². The van der Waals surface area contributed by atoms with E-state index in [0.29, 0.717) is 0 Å². The highest BCUT2D eigenvalue weighted by Crippen LogP contribution is 2.49. The van der Waals surface area contributed by atoms with E-state index in [2.05, 4.69) is 0 Å². The van der Waals surface area contributed by atoms with Crippen LogP contribution in [0.1, 0.15) is 12.8 Å². The Labute approximate surface area is 87.5 Å². The highest BCUT2D eigenvalue weighted by molar-refractivity contribution is 8.00. The Hall–Kier alpha value is 0.620. The number of thioether (sulfide) groups is 2. The SMILES string of the molecule is OCC1(C2(O)CCSC2)CCSC1. The highest BCUT2D eigenvalue weighted by atomic mass is 32.2. The van der Waals surface area contributed by atoms with Crippen LogP contribution < -0.4 is 0 Å². The molecule has 0 aromatic carbocycles. The summed E-state index contributed by atoms with van der Waals surface area (Å²) in [7, 11) is 0. The molecule has 0 radical (unpaired) electrons. The quantitative estimate of drug-likeness (QED) is 0.727. The van der Waals surface area contributed by atoms with Crippen LogP contribution >= 0.6 is 23.5 Å². The minimum Gasteiger partial charge on any atom is -0.396 e. The maximum Gasteiger partial charge on any atom is 0.0831 e. The van der Waals surface area contributed by atoms with E-state index < -0.39 is 5.60 Å². The first kappa shape index (κ1) is 10.1. The Morgan fingerprint density at radius 1 is 1.08 bits per heavy atom. The van der Waals surface area contributed by atoms with Crippen LogP contribution in [0.4, 0.5) is 0 Å². The molecule has 2 aliphatic rings. The molecule has 2 saturated heterocycles. The van der Waals surface area contributed by atoms with Gasteiger partial charge in [0.05, 0.1) is 12.2 Å². The van der Waals surface area contributed by atoms with Gasteiger partial charge in [-0.2, -0.15) is 23.5 Å². The zero-order valence-electron chi connectivity index (χ0n) is 7.66. The fraction of sp³-hybridized carbons (Fsp3) is 1.00. The Bertz CT molecular complexity index is 184. The van der Waals surface area contributed by atoms with Crippen molar-refractivity contribution >= 4 is 23.5 Å². The Morgan fingerprint density at radius 3 is 2.23 bits per heavy atom. The predicted octanol–water partition coefficient (Wildman–Crippen LogP) is 0.970. The lowest BCUT2D eigenvalue weighted by Crippen LogP contribution is -2.51. The zero-order chi connectivity index (χ0) is 9.36. The van der Waals surface area contributed by atoms with Gasteiger partial charge in [-0.3, -0.25) is 0 Å². The van der Waals surface area contributed by atoms with Crippen molar-refractivity contribution in [1.29, 1.82) is 0 Å². The summed E-state index contributed by atoms with van der Waals surface area (Å²) in [5.41, 5.74) is -0.781. The van der Waals surface area contributed by atoms with Gasteiger partial charge in [0.1, 0.15) is 0 Å². The van der Waals surface area contributed by atoms with Gasteiger partial charge in [0.25, 0.3) is 0 Å². The molecule has 0 bridgehead atoms. The van der Waals surface area contributed by atoms with E-state index in [-0.39, 0.29) is 12.0 Å². The van der Waals surface area contributed by atoms with E-state index in [1.165, 1.54) is 0 Å². The van der Waals surface area contributed by atoms with Crippen LogP contribution in [0, 0.1) is 5.41 Å². The van der Waals surface area contributed by atoms with E-state index >= 15 is 0 Å². The van der Waals surface area contributed by atoms with Crippen LogP contribution in [0.3, 0.4) is 0 Å². The molecule has 2 unspecified atom stereocenters. The summed E-state index contributed by atoms with van der Waals surface area (Å²) in [4.78, 5) is 0. The van der Waals surface area contributed by atoms with Gasteiger partial charge in [-0.1, -0.05) is 0 Å². The van der Waals surface area contributed by atoms with Crippen LogP contribution in [0.5, 0.6) is 0 Å². The molecule has 76 valence electrons. The summed E-state index contributed by atoms with van der Waals surface area (Å²) in [6, 6.07) is 0. The Balaban J connectivity index is 2.18. The number of aliphatic hydroxyl groups excluding tert-OH is 1. The average Bonchev–Trinajstić information content (AvgIpc) is 2.73. The molecule has 2 atom stereocenters. The second kappa shape index (κ2) is 3.65. The molecule has 2 aliphatic heterocycles. The smallest absolute Gasteiger partial charge is 0.0831 e. The molecule has 13 heavy (non-hydrogen) atoms. The fourth-order valence-electron chi connectivity index (χ4n) is 2.22. The van der Waals surface area contributed by atoms with Crippen molar-refractivity contribution < 1.29 is 10.2 Å². The minimum atomic E-state index is -0.587. The van der Waals surface area contributed by atoms with Gasteiger partial charge >= 0.3 is 0 Å². The van der Waals surface area contributed by atoms with E-state index in [4.69, 9.17) is 0 Å². The summed E-state index contributed by atoms with van der Waals surface area (Å²) in [6.45, 7) is 0.150. The van der Waals surface area contributed by atoms with Gasteiger partial charge in [-0.05, 0) is 24.3 Å². The molecule has 2 N–H and O–H groups in total. The van der Waals surface area contributed by atoms with Gasteiger partial charge < -0.3 is 10.2 Å². The molecular formula is C9H16O2S2. The topological polar surface area (TPSA) is 40.5 Å². The molecule has 2 fully saturated rings. The van der Waals surface area contributed by atoms with Crippen LogP contribution in [0.15, 0.2) is 0 Å². The maximum atomic E-state index is 10.4. The van der Waals surface area contributed by atoms with Crippen molar-refractivity contribution in [3.05, 3.63) is 0 Å². The Kier molecular flexibility index (Phi) is 2.85. The van der Waals surface area contributed by atoms with E-state index in [9.17, 15) is 10.2 Å². The van der Waals surface area contributed by atoms with Gasteiger partial charge in [0.15, 0.2) is 0 Å². The molecule has 0 aromatic rings. The van der Waals surface area contributed by atoms with Crippen molar-refractivity contribution in [1.82, 2.24) is 0 Å². The lowest BCUT2D eigenvalue weighted by atomic mass is 9.71. The normalized spacial score (nSPS) is 45.7. The standard InChI is InChI=1S/C9H16O2S2/c10-5-8(1-3-12-6-8)9(11)2-4-13-7-9/h10-11H,1-7H2. The summed E-state index contributed by atoms with van der Waals surface area (Å²) >= 11 is 3.67. The lowest BCUT2D eigenvalue weighted by molar-refractivity contribution is -0.0762. The first-order valence-corrected chi connectivity index (χ1v) is 7.02. The van der Waals surface area contributed by atoms with E-state index in [1.54, 1.807) is 0 Å². The van der Waals surface area contributed by atoms with Gasteiger partial charge in [-0.25, -0.2) is 0 Å². The van der Waals surface area contributed by atoms with Crippen molar-refractivity contribution in [2.24, 2.45) is 5.41 Å². The summed E-state index contributed by atoms with van der Waals surface area (Å²) in [5, 5.41) is 19.9. The third-order valence-corrected chi connectivity index (χ3v) is 5.82. The van der Waals surface area contributed by atoms with Crippen LogP contribution in [0.2, 0.25) is 0 Å². The fourth-order valence-corrected chi connectivity index (χ4v) is 5.21. The van der Waals surface area contributed by atoms with Crippen molar-refractivity contribution in [2.75, 3.05) is 29.6 Å². The van der Waals surface area contributed by atoms with Crippen molar-refractivity contribution in [3.8, 4) is 0 Å². The predicted molar refractivity (Wildman–Crippen MR) is 58.4 cm³/mol. The summed E-state index contributed by atoms with van der Waals surface area (Å²) in [5.74, 6) is 3.88. The minimum absolute atomic E-state index is 0.150. The molecule has 0 spiro atoms. The van der Waals surface area contributed by atoms with E-state index in [0.717, 1.165) is 35.9 Å². The van der Waals surface area contributed by atoms with E-state index in [1.807, 2.05) is 23.5 Å². The van der Waals surface area contributed by atoms with Crippen LogP contribution in [-0.2, 0) is 0 Å². The van der Waals surface area contributed by atoms with Gasteiger partial charge in [0.2, 0.25) is 0 Å². The molecule has 0 amide bonds. The molecule has 0 saturated carbocycles. The summed E-state index contributed by atoms with van der Waals surface area (Å²) < 4.78 is 0. The Morgan fingerprint density at radius 2 is 1.77 bits per heavy atom. The van der Waals surface area contributed by atoms with Gasteiger partial charge in [-0.15, -0.1) is 0 Å². The highest BCUT2D eigenvalue weighted by Gasteiger charge is 2.53. The monoisotopic (exact) mass is 220 g/mol. The molecule has 2 rings (SSSR count). The molecule has 0 aromatic heterocycles. The first-order chi connectivity index (χ1) is 6.22. The number of hydrogen-bond acceptors (Lipinski definition) is 4. The lowest BCUT2D eigenvalue weighted by Gasteiger charge is -2.40. The molecular weight excluding hydrogens is 204 g/mol. The third kappa shape index (κ3) is 1.52. The second-order valence-electron chi connectivity index (χ2n) is 4.08. The molecule has 0 aliphatic carbocycles. The number of rotatable bonds is 2. The zero-order valence-corrected chi connectivity index (χ0v) is 9.29. The van der Waals surface area contributed by atoms with Crippen molar-refractivity contribution in [3.63, 3.8) is 0 Å². The first-order valence-electron chi connectivity index (χ1n) is 4.71. The summed E-state index contributed by atoms with van der Waals surface area (Å²) in [6.07, 6.45) is 1.84. The molecule has 2 heterocycles. The second-order valence-corrected chi connectivity index (χ2v) is 6.29. The van der Waals surface area contributed by atoms with Gasteiger partial charge in [0, 0.05) is 16.9 Å². The third-order valence-electron chi connectivity index (χ3n) is 3.39. The number of aliphatic hydroxyl groups is 2. The van der Waals surface area contributed by atoms with Crippen molar-refractivity contribution in [2.45, 2.75) is 18.4 Å². The number of hydrogen-bond donors (Lipinski definition) is 2. The molecule has 4 heteroatoms. The molecule has 2 nitrogen and oxygen atoms in total. The van der Waals surface area contributed by atoms with Crippen LogP contribution in [0.25, 0.3) is 0 Å². The average molecular weight is 220 g/mol.